The third kappa shape index (κ3) is 3.45. The van der Waals surface area contributed by atoms with Gasteiger partial charge >= 0.3 is 0 Å². The summed E-state index contributed by atoms with van der Waals surface area (Å²) in [4.78, 5) is 11.5. The lowest BCUT2D eigenvalue weighted by Crippen LogP contribution is -2.21. The Kier molecular flexibility index (Phi) is 4.53. The molecule has 0 radical (unpaired) electrons. The van der Waals surface area contributed by atoms with Crippen LogP contribution in [0.1, 0.15) is 18.6 Å². The third-order valence-corrected chi connectivity index (χ3v) is 2.92. The summed E-state index contributed by atoms with van der Waals surface area (Å²) >= 11 is 0. The predicted molar refractivity (Wildman–Crippen MR) is 73.2 cm³/mol. The minimum absolute atomic E-state index is 0.105. The molecule has 5 heteroatoms. The second-order valence-electron chi connectivity index (χ2n) is 4.44. The molecule has 2 aromatic rings. The number of benzene rings is 1. The van der Waals surface area contributed by atoms with Crippen LogP contribution in [0, 0.1) is 5.82 Å². The van der Waals surface area contributed by atoms with Gasteiger partial charge in [-0.1, -0.05) is 6.07 Å². The first kappa shape index (κ1) is 14.3. The van der Waals surface area contributed by atoms with Crippen LogP contribution in [-0.2, 0) is 6.54 Å². The quantitative estimate of drug-likeness (QED) is 0.910. The van der Waals surface area contributed by atoms with Crippen molar-refractivity contribution in [2.75, 3.05) is 6.61 Å². The van der Waals surface area contributed by atoms with Crippen LogP contribution in [0.5, 0.6) is 5.75 Å². The van der Waals surface area contributed by atoms with E-state index in [2.05, 4.69) is 0 Å². The Balaban J connectivity index is 1.97. The number of aliphatic hydroxyl groups is 1. The highest BCUT2D eigenvalue weighted by atomic mass is 19.1. The zero-order chi connectivity index (χ0) is 14.5. The molecule has 1 aromatic carbocycles. The summed E-state index contributed by atoms with van der Waals surface area (Å²) in [5, 5.41) is 9.33. The normalized spacial score (nSPS) is 12.2. The molecular formula is C15H16FNO3. The number of pyridine rings is 1. The van der Waals surface area contributed by atoms with Crippen molar-refractivity contribution in [1.82, 2.24) is 4.57 Å². The fraction of sp³-hybridized carbons (Fsp3) is 0.267. The van der Waals surface area contributed by atoms with Gasteiger partial charge in [0.15, 0.2) is 0 Å². The molecule has 0 fully saturated rings. The van der Waals surface area contributed by atoms with E-state index < -0.39 is 11.9 Å². The summed E-state index contributed by atoms with van der Waals surface area (Å²) in [5.74, 6) is -0.134. The number of rotatable bonds is 5. The second kappa shape index (κ2) is 6.34. The summed E-state index contributed by atoms with van der Waals surface area (Å²) in [6.45, 7) is 2.15. The van der Waals surface area contributed by atoms with Crippen LogP contribution in [0.3, 0.4) is 0 Å². The highest BCUT2D eigenvalue weighted by molar-refractivity contribution is 5.29. The molecule has 1 heterocycles. The SMILES string of the molecule is CC(O)c1ccc(OCCn2ccccc2=O)cc1F. The Morgan fingerprint density at radius 2 is 2.15 bits per heavy atom. The van der Waals surface area contributed by atoms with E-state index >= 15 is 0 Å². The van der Waals surface area contributed by atoms with E-state index in [0.29, 0.717) is 12.3 Å². The Morgan fingerprint density at radius 1 is 1.35 bits per heavy atom. The average Bonchev–Trinajstić information content (AvgIpc) is 2.40. The first-order chi connectivity index (χ1) is 9.58. The molecule has 0 bridgehead atoms. The lowest BCUT2D eigenvalue weighted by molar-refractivity contribution is 0.194. The van der Waals surface area contributed by atoms with Crippen molar-refractivity contribution in [2.45, 2.75) is 19.6 Å². The van der Waals surface area contributed by atoms with Crippen molar-refractivity contribution in [3.05, 3.63) is 64.3 Å². The number of nitrogens with zero attached hydrogens (tertiary/aromatic N) is 1. The van der Waals surface area contributed by atoms with Crippen molar-refractivity contribution in [3.63, 3.8) is 0 Å². The smallest absolute Gasteiger partial charge is 0.250 e. The zero-order valence-corrected chi connectivity index (χ0v) is 11.1. The highest BCUT2D eigenvalue weighted by Gasteiger charge is 2.08. The van der Waals surface area contributed by atoms with Gasteiger partial charge in [0.1, 0.15) is 18.2 Å². The molecule has 0 aliphatic carbocycles. The molecule has 106 valence electrons. The number of hydrogen-bond acceptors (Lipinski definition) is 3. The Hall–Kier alpha value is -2.14. The van der Waals surface area contributed by atoms with E-state index in [4.69, 9.17) is 4.74 Å². The van der Waals surface area contributed by atoms with Gasteiger partial charge in [0, 0.05) is 23.9 Å². The van der Waals surface area contributed by atoms with Crippen molar-refractivity contribution in [2.24, 2.45) is 0 Å². The molecule has 0 saturated heterocycles. The largest absolute Gasteiger partial charge is 0.492 e. The van der Waals surface area contributed by atoms with Crippen molar-refractivity contribution < 1.29 is 14.2 Å². The van der Waals surface area contributed by atoms with Crippen LogP contribution in [0.15, 0.2) is 47.4 Å². The van der Waals surface area contributed by atoms with E-state index in [1.165, 1.54) is 29.7 Å². The van der Waals surface area contributed by atoms with Gasteiger partial charge < -0.3 is 14.4 Å². The van der Waals surface area contributed by atoms with Crippen LogP contribution in [0.25, 0.3) is 0 Å². The minimum Gasteiger partial charge on any atom is -0.492 e. The summed E-state index contributed by atoms with van der Waals surface area (Å²) in [6, 6.07) is 9.22. The van der Waals surface area contributed by atoms with E-state index in [1.54, 1.807) is 24.4 Å². The molecular weight excluding hydrogens is 261 g/mol. The third-order valence-electron chi connectivity index (χ3n) is 2.92. The first-order valence-electron chi connectivity index (χ1n) is 6.33. The van der Waals surface area contributed by atoms with Crippen LogP contribution < -0.4 is 10.3 Å². The molecule has 0 saturated carbocycles. The molecule has 20 heavy (non-hydrogen) atoms. The number of aliphatic hydroxyl groups excluding tert-OH is 1. The fourth-order valence-corrected chi connectivity index (χ4v) is 1.84. The molecule has 4 nitrogen and oxygen atoms in total. The molecule has 0 amide bonds. The molecule has 1 unspecified atom stereocenters. The highest BCUT2D eigenvalue weighted by Crippen LogP contribution is 2.21. The van der Waals surface area contributed by atoms with Gasteiger partial charge in [-0.25, -0.2) is 4.39 Å². The lowest BCUT2D eigenvalue weighted by Gasteiger charge is -2.10. The minimum atomic E-state index is -0.855. The predicted octanol–water partition coefficient (Wildman–Crippen LogP) is 2.12. The maximum Gasteiger partial charge on any atom is 0.250 e. The Labute approximate surface area is 116 Å². The van der Waals surface area contributed by atoms with E-state index in [9.17, 15) is 14.3 Å². The summed E-state index contributed by atoms with van der Waals surface area (Å²) < 4.78 is 20.5. The van der Waals surface area contributed by atoms with Crippen LogP contribution in [0.2, 0.25) is 0 Å². The Morgan fingerprint density at radius 3 is 2.80 bits per heavy atom. The number of hydrogen-bond donors (Lipinski definition) is 1. The molecule has 1 N–H and O–H groups in total. The van der Waals surface area contributed by atoms with Crippen molar-refractivity contribution in [1.29, 1.82) is 0 Å². The number of halogens is 1. The average molecular weight is 277 g/mol. The topological polar surface area (TPSA) is 51.5 Å². The zero-order valence-electron chi connectivity index (χ0n) is 11.1. The van der Waals surface area contributed by atoms with Crippen LogP contribution >= 0.6 is 0 Å². The van der Waals surface area contributed by atoms with Crippen LogP contribution in [-0.4, -0.2) is 16.3 Å². The maximum atomic E-state index is 13.6. The van der Waals surface area contributed by atoms with Gasteiger partial charge in [0.25, 0.3) is 5.56 Å². The monoisotopic (exact) mass is 277 g/mol. The molecule has 1 aromatic heterocycles. The summed E-state index contributed by atoms with van der Waals surface area (Å²) in [7, 11) is 0. The van der Waals surface area contributed by atoms with Crippen molar-refractivity contribution >= 4 is 0 Å². The second-order valence-corrected chi connectivity index (χ2v) is 4.44. The lowest BCUT2D eigenvalue weighted by atomic mass is 10.1. The summed E-state index contributed by atoms with van der Waals surface area (Å²) in [6.07, 6.45) is 0.815. The first-order valence-corrected chi connectivity index (χ1v) is 6.33. The van der Waals surface area contributed by atoms with E-state index in [1.807, 2.05) is 0 Å². The molecule has 0 aliphatic rings. The molecule has 0 spiro atoms. The van der Waals surface area contributed by atoms with E-state index in [0.717, 1.165) is 0 Å². The standard InChI is InChI=1S/C15H16FNO3/c1-11(18)13-6-5-12(10-14(13)16)20-9-8-17-7-3-2-4-15(17)19/h2-7,10-11,18H,8-9H2,1H3. The van der Waals surface area contributed by atoms with Gasteiger partial charge in [-0.15, -0.1) is 0 Å². The number of ether oxygens (including phenoxy) is 1. The van der Waals surface area contributed by atoms with E-state index in [-0.39, 0.29) is 17.7 Å². The van der Waals surface area contributed by atoms with Gasteiger partial charge in [-0.2, -0.15) is 0 Å². The Bertz CT molecular complexity index is 637. The van der Waals surface area contributed by atoms with Gasteiger partial charge in [0.05, 0.1) is 12.6 Å². The molecule has 1 atom stereocenters. The van der Waals surface area contributed by atoms with Crippen LogP contribution in [0.4, 0.5) is 4.39 Å². The van der Waals surface area contributed by atoms with Gasteiger partial charge in [-0.05, 0) is 25.1 Å². The maximum absolute atomic E-state index is 13.6. The van der Waals surface area contributed by atoms with Gasteiger partial charge in [-0.3, -0.25) is 4.79 Å². The molecule has 2 rings (SSSR count). The van der Waals surface area contributed by atoms with Gasteiger partial charge in [0.2, 0.25) is 0 Å². The molecule has 0 aliphatic heterocycles. The summed E-state index contributed by atoms with van der Waals surface area (Å²) in [5.41, 5.74) is 0.128. The van der Waals surface area contributed by atoms with Crippen molar-refractivity contribution in [3.8, 4) is 5.75 Å². The fourth-order valence-electron chi connectivity index (χ4n) is 1.84. The number of aromatic nitrogens is 1.